The summed E-state index contributed by atoms with van der Waals surface area (Å²) in [6.07, 6.45) is -4.39. The molecule has 1 aliphatic heterocycles. The maximum atomic E-state index is 14.1. The van der Waals surface area contributed by atoms with Gasteiger partial charge in [0.2, 0.25) is 0 Å². The van der Waals surface area contributed by atoms with Gasteiger partial charge in [0.1, 0.15) is 5.82 Å². The van der Waals surface area contributed by atoms with Gasteiger partial charge in [0.25, 0.3) is 5.91 Å². The first kappa shape index (κ1) is 19.7. The fourth-order valence-corrected chi connectivity index (χ4v) is 4.84. The number of hydrogen-bond acceptors (Lipinski definition) is 3. The average molecular weight is 422 g/mol. The van der Waals surface area contributed by atoms with Crippen LogP contribution in [0.15, 0.2) is 42.5 Å². The number of alkyl halides is 3. The van der Waals surface area contributed by atoms with Crippen LogP contribution in [0.1, 0.15) is 20.8 Å². The van der Waals surface area contributed by atoms with E-state index >= 15 is 0 Å². The monoisotopic (exact) mass is 422 g/mol. The summed E-state index contributed by atoms with van der Waals surface area (Å²) < 4.78 is 53.7. The molecule has 0 radical (unpaired) electrons. The van der Waals surface area contributed by atoms with Crippen LogP contribution in [-0.4, -0.2) is 37.0 Å². The summed E-state index contributed by atoms with van der Waals surface area (Å²) in [6.45, 7) is 3.40. The van der Waals surface area contributed by atoms with Crippen molar-refractivity contribution in [2.45, 2.75) is 13.1 Å². The van der Waals surface area contributed by atoms with E-state index in [1.807, 2.05) is 4.90 Å². The lowest BCUT2D eigenvalue weighted by Crippen LogP contribution is -2.48. The second-order valence-corrected chi connectivity index (χ2v) is 8.05. The molecule has 1 aliphatic rings. The molecule has 0 bridgehead atoms. The molecule has 0 unspecified atom stereocenters. The molecule has 0 aliphatic carbocycles. The molecular weight excluding hydrogens is 404 g/mol. The molecule has 2 heterocycles. The van der Waals surface area contributed by atoms with Gasteiger partial charge in [-0.2, -0.15) is 13.2 Å². The molecule has 0 saturated carbocycles. The summed E-state index contributed by atoms with van der Waals surface area (Å²) in [5.74, 6) is -0.503. The van der Waals surface area contributed by atoms with Crippen molar-refractivity contribution in [1.82, 2.24) is 4.90 Å². The van der Waals surface area contributed by atoms with Crippen LogP contribution in [0.4, 0.5) is 23.2 Å². The number of hydrogen-bond donors (Lipinski definition) is 0. The van der Waals surface area contributed by atoms with Crippen LogP contribution < -0.4 is 4.90 Å². The Morgan fingerprint density at radius 2 is 1.72 bits per heavy atom. The number of nitrogens with zero attached hydrogens (tertiary/aromatic N) is 2. The maximum absolute atomic E-state index is 14.1. The van der Waals surface area contributed by atoms with Crippen LogP contribution in [0.5, 0.6) is 0 Å². The Kier molecular flexibility index (Phi) is 4.98. The van der Waals surface area contributed by atoms with E-state index < -0.39 is 11.7 Å². The quantitative estimate of drug-likeness (QED) is 0.521. The summed E-state index contributed by atoms with van der Waals surface area (Å²) in [6, 6.07) is 10.0. The third kappa shape index (κ3) is 3.69. The lowest BCUT2D eigenvalue weighted by Gasteiger charge is -2.36. The van der Waals surface area contributed by atoms with Crippen LogP contribution in [0.3, 0.4) is 0 Å². The summed E-state index contributed by atoms with van der Waals surface area (Å²) >= 11 is 1.27. The molecule has 1 fully saturated rings. The second kappa shape index (κ2) is 7.33. The summed E-state index contributed by atoms with van der Waals surface area (Å²) in [5, 5.41) is 0.475. The lowest BCUT2D eigenvalue weighted by atomic mass is 10.1. The van der Waals surface area contributed by atoms with Crippen molar-refractivity contribution in [2.24, 2.45) is 0 Å². The maximum Gasteiger partial charge on any atom is 0.416 e. The highest BCUT2D eigenvalue weighted by Gasteiger charge is 2.31. The normalized spacial score (nSPS) is 15.2. The number of thiophene rings is 1. The van der Waals surface area contributed by atoms with Gasteiger partial charge >= 0.3 is 6.18 Å². The second-order valence-electron chi connectivity index (χ2n) is 7.00. The van der Waals surface area contributed by atoms with E-state index in [4.69, 9.17) is 0 Å². The van der Waals surface area contributed by atoms with E-state index in [0.29, 0.717) is 47.7 Å². The Morgan fingerprint density at radius 1 is 1.03 bits per heavy atom. The molecule has 0 atom stereocenters. The number of anilines is 1. The van der Waals surface area contributed by atoms with Crippen molar-refractivity contribution in [3.05, 3.63) is 64.3 Å². The number of benzene rings is 2. The first-order chi connectivity index (χ1) is 13.8. The van der Waals surface area contributed by atoms with Gasteiger partial charge in [0.05, 0.1) is 10.4 Å². The molecule has 1 amide bonds. The molecule has 1 saturated heterocycles. The summed E-state index contributed by atoms with van der Waals surface area (Å²) in [5.41, 5.74) is 0.442. The Hall–Kier alpha value is -2.61. The molecule has 8 heteroatoms. The predicted molar refractivity (Wildman–Crippen MR) is 106 cm³/mol. The zero-order valence-corrected chi connectivity index (χ0v) is 16.4. The topological polar surface area (TPSA) is 23.6 Å². The largest absolute Gasteiger partial charge is 0.416 e. The number of carbonyl (C=O) groups is 1. The van der Waals surface area contributed by atoms with E-state index in [-0.39, 0.29) is 11.7 Å². The van der Waals surface area contributed by atoms with Crippen molar-refractivity contribution < 1.29 is 22.4 Å². The summed E-state index contributed by atoms with van der Waals surface area (Å²) in [4.78, 5) is 17.0. The number of fused-ring (bicyclic) bond motifs is 1. The van der Waals surface area contributed by atoms with Crippen molar-refractivity contribution in [2.75, 3.05) is 31.1 Å². The zero-order chi connectivity index (χ0) is 20.8. The highest BCUT2D eigenvalue weighted by molar-refractivity contribution is 7.21. The Labute approximate surface area is 169 Å². The fourth-order valence-electron chi connectivity index (χ4n) is 3.65. The average Bonchev–Trinajstić information content (AvgIpc) is 3.05. The van der Waals surface area contributed by atoms with Gasteiger partial charge in [0.15, 0.2) is 0 Å². The third-order valence-electron chi connectivity index (χ3n) is 5.20. The first-order valence-electron chi connectivity index (χ1n) is 9.15. The summed E-state index contributed by atoms with van der Waals surface area (Å²) in [7, 11) is 0. The van der Waals surface area contributed by atoms with Crippen molar-refractivity contribution in [1.29, 1.82) is 0 Å². The van der Waals surface area contributed by atoms with Gasteiger partial charge in [-0.1, -0.05) is 12.1 Å². The predicted octanol–water partition coefficient (Wildman–Crippen LogP) is 5.33. The van der Waals surface area contributed by atoms with Crippen LogP contribution in [-0.2, 0) is 6.18 Å². The van der Waals surface area contributed by atoms with Gasteiger partial charge in [-0.15, -0.1) is 11.3 Å². The number of rotatable bonds is 2. The van der Waals surface area contributed by atoms with Crippen LogP contribution in [0.25, 0.3) is 10.1 Å². The molecule has 2 aromatic carbocycles. The van der Waals surface area contributed by atoms with Crippen molar-refractivity contribution in [3.63, 3.8) is 0 Å². The molecule has 3 nitrogen and oxygen atoms in total. The minimum absolute atomic E-state index is 0.160. The van der Waals surface area contributed by atoms with Gasteiger partial charge < -0.3 is 9.80 Å². The number of halogens is 4. The van der Waals surface area contributed by atoms with Gasteiger partial charge in [-0.3, -0.25) is 4.79 Å². The Morgan fingerprint density at radius 3 is 2.38 bits per heavy atom. The number of aryl methyl sites for hydroxylation is 1. The third-order valence-corrected chi connectivity index (χ3v) is 6.45. The number of piperazine rings is 1. The molecule has 4 rings (SSSR count). The minimum Gasteiger partial charge on any atom is -0.368 e. The molecule has 3 aromatic rings. The van der Waals surface area contributed by atoms with E-state index in [1.54, 1.807) is 30.0 Å². The highest BCUT2D eigenvalue weighted by atomic mass is 32.1. The van der Waals surface area contributed by atoms with E-state index in [0.717, 1.165) is 16.8 Å². The van der Waals surface area contributed by atoms with Crippen LogP contribution in [0, 0.1) is 12.7 Å². The molecule has 0 spiro atoms. The molecular formula is C21H18F4N2OS. The SMILES string of the molecule is Cc1c(C(=O)N2CCN(c3cccc(C(F)(F)F)c3)CC2)sc2cccc(F)c12. The molecule has 29 heavy (non-hydrogen) atoms. The van der Waals surface area contributed by atoms with Gasteiger partial charge in [-0.25, -0.2) is 4.39 Å². The van der Waals surface area contributed by atoms with Crippen molar-refractivity contribution >= 4 is 33.0 Å². The fraction of sp³-hybridized carbons (Fsp3) is 0.286. The standard InChI is InChI=1S/C21H18F4N2OS/c1-13-18-16(22)6-3-7-17(18)29-19(13)20(28)27-10-8-26(9-11-27)15-5-2-4-14(12-15)21(23,24)25/h2-7,12H,8-11H2,1H3. The molecule has 152 valence electrons. The lowest BCUT2D eigenvalue weighted by molar-refractivity contribution is -0.137. The first-order valence-corrected chi connectivity index (χ1v) is 9.96. The van der Waals surface area contributed by atoms with E-state index in [2.05, 4.69) is 0 Å². The Bertz CT molecular complexity index is 1070. The minimum atomic E-state index is -4.39. The van der Waals surface area contributed by atoms with Gasteiger partial charge in [-0.05, 0) is 42.8 Å². The van der Waals surface area contributed by atoms with Crippen LogP contribution >= 0.6 is 11.3 Å². The van der Waals surface area contributed by atoms with E-state index in [9.17, 15) is 22.4 Å². The zero-order valence-electron chi connectivity index (χ0n) is 15.6. The number of amides is 1. The molecule has 0 N–H and O–H groups in total. The Balaban J connectivity index is 1.50. The highest BCUT2D eigenvalue weighted by Crippen LogP contribution is 2.34. The van der Waals surface area contributed by atoms with Crippen molar-refractivity contribution in [3.8, 4) is 0 Å². The van der Waals surface area contributed by atoms with Gasteiger partial charge in [0, 0.05) is 42.0 Å². The molecule has 1 aromatic heterocycles. The van der Waals surface area contributed by atoms with E-state index in [1.165, 1.54) is 23.5 Å². The van der Waals surface area contributed by atoms with Crippen LogP contribution in [0.2, 0.25) is 0 Å². The smallest absolute Gasteiger partial charge is 0.368 e. The number of carbonyl (C=O) groups excluding carboxylic acids is 1.